The summed E-state index contributed by atoms with van der Waals surface area (Å²) in [6.07, 6.45) is 1.62. The third-order valence-electron chi connectivity index (χ3n) is 2.72. The van der Waals surface area contributed by atoms with E-state index >= 15 is 0 Å². The van der Waals surface area contributed by atoms with Gasteiger partial charge < -0.3 is 5.32 Å². The van der Waals surface area contributed by atoms with Gasteiger partial charge in [0.2, 0.25) is 0 Å². The fraction of sp³-hybridized carbons (Fsp3) is 0.308. The Hall–Kier alpha value is -2.28. The molecule has 7 heteroatoms. The van der Waals surface area contributed by atoms with Crippen LogP contribution >= 0.6 is 0 Å². The van der Waals surface area contributed by atoms with Gasteiger partial charge in [0.25, 0.3) is 5.69 Å². The predicted octanol–water partition coefficient (Wildman–Crippen LogP) is 2.42. The van der Waals surface area contributed by atoms with Crippen LogP contribution in [0.5, 0.6) is 0 Å². The molecular formula is C13H15FN4O2. The van der Waals surface area contributed by atoms with Crippen LogP contribution in [-0.2, 0) is 6.54 Å². The highest BCUT2D eigenvalue weighted by atomic mass is 19.1. The molecule has 0 aliphatic rings. The van der Waals surface area contributed by atoms with Crippen molar-refractivity contribution in [3.63, 3.8) is 0 Å². The Morgan fingerprint density at radius 2 is 2.20 bits per heavy atom. The van der Waals surface area contributed by atoms with Gasteiger partial charge in [0, 0.05) is 18.8 Å². The molecule has 0 radical (unpaired) electrons. The summed E-state index contributed by atoms with van der Waals surface area (Å²) < 4.78 is 14.5. The van der Waals surface area contributed by atoms with E-state index in [0.717, 1.165) is 11.8 Å². The summed E-state index contributed by atoms with van der Waals surface area (Å²) in [5.41, 5.74) is 0.695. The van der Waals surface area contributed by atoms with Gasteiger partial charge in [-0.05, 0) is 18.2 Å². The van der Waals surface area contributed by atoms with Gasteiger partial charge in [-0.2, -0.15) is 5.10 Å². The maximum Gasteiger partial charge on any atom is 0.297 e. The van der Waals surface area contributed by atoms with Crippen LogP contribution in [0.1, 0.15) is 19.5 Å². The molecule has 1 aromatic carbocycles. The molecule has 1 N–H and O–H groups in total. The molecular weight excluding hydrogens is 263 g/mol. The summed E-state index contributed by atoms with van der Waals surface area (Å²) in [6, 6.07) is 5.50. The van der Waals surface area contributed by atoms with Crippen molar-refractivity contribution in [1.29, 1.82) is 0 Å². The van der Waals surface area contributed by atoms with Crippen LogP contribution in [0.4, 0.5) is 10.1 Å². The van der Waals surface area contributed by atoms with Crippen molar-refractivity contribution >= 4 is 5.69 Å². The summed E-state index contributed by atoms with van der Waals surface area (Å²) in [5, 5.41) is 18.4. The fourth-order valence-corrected chi connectivity index (χ4v) is 1.74. The molecule has 20 heavy (non-hydrogen) atoms. The highest BCUT2D eigenvalue weighted by Gasteiger charge is 2.17. The number of hydrogen-bond donors (Lipinski definition) is 1. The van der Waals surface area contributed by atoms with Gasteiger partial charge in [0.05, 0.1) is 16.7 Å². The Kier molecular flexibility index (Phi) is 4.09. The van der Waals surface area contributed by atoms with Crippen LogP contribution in [0.15, 0.2) is 30.5 Å². The molecule has 0 amide bonds. The van der Waals surface area contributed by atoms with Gasteiger partial charge in [-0.25, -0.2) is 9.07 Å². The summed E-state index contributed by atoms with van der Waals surface area (Å²) in [4.78, 5) is 10.3. The Bertz CT molecular complexity index is 625. The van der Waals surface area contributed by atoms with E-state index in [9.17, 15) is 14.5 Å². The maximum atomic E-state index is 13.1. The lowest BCUT2D eigenvalue weighted by atomic mass is 10.2. The normalized spacial score (nSPS) is 11.0. The molecule has 0 bridgehead atoms. The first-order valence-corrected chi connectivity index (χ1v) is 6.19. The first-order valence-electron chi connectivity index (χ1n) is 6.19. The number of nitro groups is 1. The zero-order chi connectivity index (χ0) is 14.7. The van der Waals surface area contributed by atoms with E-state index in [4.69, 9.17) is 0 Å². The molecule has 0 saturated heterocycles. The van der Waals surface area contributed by atoms with Crippen LogP contribution in [0, 0.1) is 15.9 Å². The Morgan fingerprint density at radius 3 is 2.85 bits per heavy atom. The van der Waals surface area contributed by atoms with Gasteiger partial charge in [0.1, 0.15) is 11.5 Å². The highest BCUT2D eigenvalue weighted by Crippen LogP contribution is 2.23. The van der Waals surface area contributed by atoms with Gasteiger partial charge in [-0.15, -0.1) is 0 Å². The van der Waals surface area contributed by atoms with Crippen molar-refractivity contribution < 1.29 is 9.31 Å². The number of nitrogens with one attached hydrogen (secondary N) is 1. The third-order valence-corrected chi connectivity index (χ3v) is 2.72. The Labute approximate surface area is 115 Å². The van der Waals surface area contributed by atoms with Crippen LogP contribution < -0.4 is 5.32 Å². The molecule has 1 aromatic heterocycles. The van der Waals surface area contributed by atoms with E-state index in [0.29, 0.717) is 12.6 Å². The minimum absolute atomic E-state index is 0.243. The number of halogens is 1. The highest BCUT2D eigenvalue weighted by molar-refractivity contribution is 5.51. The van der Waals surface area contributed by atoms with Crippen molar-refractivity contribution in [2.24, 2.45) is 0 Å². The van der Waals surface area contributed by atoms with E-state index in [1.807, 2.05) is 13.8 Å². The molecule has 6 nitrogen and oxygen atoms in total. The zero-order valence-electron chi connectivity index (χ0n) is 11.2. The third kappa shape index (κ3) is 3.18. The lowest BCUT2D eigenvalue weighted by Gasteiger charge is -2.05. The molecule has 0 aliphatic heterocycles. The van der Waals surface area contributed by atoms with Gasteiger partial charge >= 0.3 is 0 Å². The molecule has 1 heterocycles. The second-order valence-corrected chi connectivity index (χ2v) is 4.68. The van der Waals surface area contributed by atoms with Crippen molar-refractivity contribution in [2.75, 3.05) is 0 Å². The lowest BCUT2D eigenvalue weighted by molar-refractivity contribution is -0.384. The van der Waals surface area contributed by atoms with Crippen LogP contribution in [0.2, 0.25) is 0 Å². The summed E-state index contributed by atoms with van der Waals surface area (Å²) >= 11 is 0. The number of benzene rings is 1. The van der Waals surface area contributed by atoms with E-state index in [-0.39, 0.29) is 11.4 Å². The topological polar surface area (TPSA) is 73.0 Å². The molecule has 0 atom stereocenters. The molecule has 106 valence electrons. The number of hydrogen-bond acceptors (Lipinski definition) is 4. The van der Waals surface area contributed by atoms with Gasteiger partial charge in [-0.1, -0.05) is 13.8 Å². The average Bonchev–Trinajstić information content (AvgIpc) is 2.84. The van der Waals surface area contributed by atoms with E-state index in [1.165, 1.54) is 16.8 Å². The zero-order valence-corrected chi connectivity index (χ0v) is 11.2. The molecule has 0 unspecified atom stereocenters. The second kappa shape index (κ2) is 5.79. The molecule has 0 spiro atoms. The monoisotopic (exact) mass is 278 g/mol. The maximum absolute atomic E-state index is 13.1. The molecule has 0 aliphatic carbocycles. The number of nitrogens with zero attached hydrogens (tertiary/aromatic N) is 3. The molecule has 2 rings (SSSR count). The summed E-state index contributed by atoms with van der Waals surface area (Å²) in [6.45, 7) is 4.60. The minimum atomic E-state index is -0.644. The molecule has 2 aromatic rings. The van der Waals surface area contributed by atoms with E-state index in [2.05, 4.69) is 10.4 Å². The predicted molar refractivity (Wildman–Crippen MR) is 72.2 cm³/mol. The standard InChI is InChI=1S/C13H15FN4O2/c1-9(2)15-8-11-5-6-17(16-11)12-4-3-10(14)7-13(12)18(19)20/h3-7,9,15H,8H2,1-2H3. The van der Waals surface area contributed by atoms with Crippen LogP contribution in [0.3, 0.4) is 0 Å². The number of rotatable bonds is 5. The first kappa shape index (κ1) is 14.1. The SMILES string of the molecule is CC(C)NCc1ccn(-c2ccc(F)cc2[N+](=O)[O-])n1. The van der Waals surface area contributed by atoms with Gasteiger partial charge in [0.15, 0.2) is 0 Å². The first-order chi connectivity index (χ1) is 9.47. The average molecular weight is 278 g/mol. The minimum Gasteiger partial charge on any atom is -0.309 e. The summed E-state index contributed by atoms with van der Waals surface area (Å²) in [7, 11) is 0. The van der Waals surface area contributed by atoms with Crippen molar-refractivity contribution in [3.05, 3.63) is 52.1 Å². The quantitative estimate of drug-likeness (QED) is 0.673. The van der Waals surface area contributed by atoms with E-state index < -0.39 is 10.7 Å². The number of aromatic nitrogens is 2. The van der Waals surface area contributed by atoms with Crippen molar-refractivity contribution in [2.45, 2.75) is 26.4 Å². The second-order valence-electron chi connectivity index (χ2n) is 4.68. The largest absolute Gasteiger partial charge is 0.309 e. The Morgan fingerprint density at radius 1 is 1.45 bits per heavy atom. The van der Waals surface area contributed by atoms with Crippen LogP contribution in [0.25, 0.3) is 5.69 Å². The number of nitro benzene ring substituents is 1. The van der Waals surface area contributed by atoms with Gasteiger partial charge in [-0.3, -0.25) is 10.1 Å². The summed E-state index contributed by atoms with van der Waals surface area (Å²) in [5.74, 6) is -0.644. The van der Waals surface area contributed by atoms with Crippen molar-refractivity contribution in [1.82, 2.24) is 15.1 Å². The van der Waals surface area contributed by atoms with E-state index in [1.54, 1.807) is 12.3 Å². The fourth-order valence-electron chi connectivity index (χ4n) is 1.74. The Balaban J connectivity index is 2.30. The van der Waals surface area contributed by atoms with Crippen LogP contribution in [-0.4, -0.2) is 20.7 Å². The lowest BCUT2D eigenvalue weighted by Crippen LogP contribution is -2.22. The molecule has 0 fully saturated rings. The smallest absolute Gasteiger partial charge is 0.297 e. The molecule has 0 saturated carbocycles. The van der Waals surface area contributed by atoms with Crippen molar-refractivity contribution in [3.8, 4) is 5.69 Å².